The number of para-hydroxylation sites is 1. The molecule has 0 aromatic heterocycles. The lowest BCUT2D eigenvalue weighted by molar-refractivity contribution is -0.158. The van der Waals surface area contributed by atoms with Gasteiger partial charge in [0.1, 0.15) is 11.6 Å². The van der Waals surface area contributed by atoms with E-state index < -0.39 is 35.1 Å². The summed E-state index contributed by atoms with van der Waals surface area (Å²) in [4.78, 5) is 49.2. The number of rotatable bonds is 9. The normalized spacial score (nSPS) is 33.3. The molecule has 222 valence electrons. The minimum absolute atomic E-state index is 0.0263. The van der Waals surface area contributed by atoms with Crippen molar-refractivity contribution in [1.29, 1.82) is 0 Å². The van der Waals surface area contributed by atoms with Gasteiger partial charge in [-0.2, -0.15) is 0 Å². The lowest BCUT2D eigenvalue weighted by atomic mass is 9.73. The Morgan fingerprint density at radius 1 is 0.951 bits per heavy atom. The zero-order valence-electron chi connectivity index (χ0n) is 25.0. The Kier molecular flexibility index (Phi) is 8.18. The molecule has 0 radical (unpaired) electrons. The average Bonchev–Trinajstić information content (AvgIpc) is 3.26. The van der Waals surface area contributed by atoms with Crippen LogP contribution in [0.1, 0.15) is 60.3 Å². The quantitative estimate of drug-likeness (QED) is 0.460. The van der Waals surface area contributed by atoms with Crippen LogP contribution in [0, 0.1) is 17.8 Å². The van der Waals surface area contributed by atoms with Crippen molar-refractivity contribution in [1.82, 2.24) is 9.80 Å². The van der Waals surface area contributed by atoms with Gasteiger partial charge >= 0.3 is 0 Å². The molecule has 2 unspecified atom stereocenters. The minimum Gasteiger partial charge on any atom is -0.394 e. The number of nitrogens with zero attached hydrogens (tertiary/aromatic N) is 3. The van der Waals surface area contributed by atoms with Gasteiger partial charge in [0.15, 0.2) is 0 Å². The molecule has 3 amide bonds. The first-order valence-electron chi connectivity index (χ1n) is 15.4. The van der Waals surface area contributed by atoms with Gasteiger partial charge in [0.2, 0.25) is 17.7 Å². The molecule has 1 aromatic rings. The molecule has 0 bridgehead atoms. The number of anilines is 1. The maximum Gasteiger partial charge on any atom is 0.249 e. The first kappa shape index (κ1) is 29.5. The van der Waals surface area contributed by atoms with Crippen molar-refractivity contribution in [2.45, 2.75) is 89.6 Å². The predicted octanol–water partition coefficient (Wildman–Crippen LogP) is 3.94. The van der Waals surface area contributed by atoms with E-state index in [1.807, 2.05) is 87.2 Å². The van der Waals surface area contributed by atoms with Crippen LogP contribution in [0.15, 0.2) is 54.6 Å². The molecule has 41 heavy (non-hydrogen) atoms. The number of fused-ring (bicyclic) bond motifs is 2. The number of carbonyl (C=O) groups is 3. The number of amides is 3. The van der Waals surface area contributed by atoms with Gasteiger partial charge in [-0.3, -0.25) is 14.4 Å². The van der Waals surface area contributed by atoms with Gasteiger partial charge in [0.05, 0.1) is 30.1 Å². The first-order chi connectivity index (χ1) is 19.7. The largest absolute Gasteiger partial charge is 0.394 e. The number of hydrogen-bond acceptors (Lipinski definition) is 5. The van der Waals surface area contributed by atoms with Crippen LogP contribution in [0.2, 0.25) is 0 Å². The van der Waals surface area contributed by atoms with Crippen LogP contribution in [0.25, 0.3) is 0 Å². The third kappa shape index (κ3) is 4.45. The highest BCUT2D eigenvalue weighted by molar-refractivity contribution is 6.04. The van der Waals surface area contributed by atoms with E-state index in [1.54, 1.807) is 9.80 Å². The Labute approximate surface area is 244 Å². The van der Waals surface area contributed by atoms with Gasteiger partial charge < -0.3 is 24.5 Å². The van der Waals surface area contributed by atoms with E-state index in [9.17, 15) is 19.5 Å². The maximum atomic E-state index is 14.8. The van der Waals surface area contributed by atoms with Crippen LogP contribution >= 0.6 is 0 Å². The van der Waals surface area contributed by atoms with Crippen molar-refractivity contribution >= 4 is 23.4 Å². The lowest BCUT2D eigenvalue weighted by Crippen LogP contribution is -2.60. The van der Waals surface area contributed by atoms with E-state index >= 15 is 0 Å². The Morgan fingerprint density at radius 2 is 1.66 bits per heavy atom. The van der Waals surface area contributed by atoms with Crippen molar-refractivity contribution in [3.05, 3.63) is 54.6 Å². The molecule has 2 fully saturated rings. The molecule has 1 N–H and O–H groups in total. The third-order valence-corrected chi connectivity index (χ3v) is 10.1. The Bertz CT molecular complexity index is 1220. The van der Waals surface area contributed by atoms with Crippen molar-refractivity contribution in [3.63, 3.8) is 0 Å². The van der Waals surface area contributed by atoms with Gasteiger partial charge in [0, 0.05) is 24.8 Å². The molecule has 0 aliphatic carbocycles. The van der Waals surface area contributed by atoms with Crippen molar-refractivity contribution < 1.29 is 24.2 Å². The first-order valence-corrected chi connectivity index (χ1v) is 15.4. The molecule has 8 atom stereocenters. The Balaban J connectivity index is 1.69. The van der Waals surface area contributed by atoms with Crippen molar-refractivity contribution in [2.24, 2.45) is 17.8 Å². The highest BCUT2D eigenvalue weighted by atomic mass is 16.5. The Morgan fingerprint density at radius 3 is 2.29 bits per heavy atom. The van der Waals surface area contributed by atoms with E-state index in [0.29, 0.717) is 19.5 Å². The second-order valence-electron chi connectivity index (χ2n) is 12.2. The van der Waals surface area contributed by atoms with Gasteiger partial charge in [-0.25, -0.2) is 0 Å². The maximum absolute atomic E-state index is 14.8. The molecule has 0 saturated carbocycles. The van der Waals surface area contributed by atoms with Crippen LogP contribution in [0.5, 0.6) is 0 Å². The Hall–Kier alpha value is -2.97. The summed E-state index contributed by atoms with van der Waals surface area (Å²) in [6.07, 6.45) is 10.7. The number of likely N-dealkylation sites (tertiary alicyclic amines) is 1. The number of aliphatic hydroxyl groups excluding tert-OH is 1. The van der Waals surface area contributed by atoms with E-state index in [1.165, 1.54) is 0 Å². The highest BCUT2D eigenvalue weighted by Gasteiger charge is 2.76. The fourth-order valence-corrected chi connectivity index (χ4v) is 7.70. The molecular formula is C33H45N3O5. The van der Waals surface area contributed by atoms with E-state index in [2.05, 4.69) is 6.92 Å². The summed E-state index contributed by atoms with van der Waals surface area (Å²) >= 11 is 0. The third-order valence-electron chi connectivity index (χ3n) is 10.1. The summed E-state index contributed by atoms with van der Waals surface area (Å²) < 4.78 is 7.09. The summed E-state index contributed by atoms with van der Waals surface area (Å²) in [5.74, 6) is -2.40. The minimum atomic E-state index is -1.32. The molecule has 1 aromatic carbocycles. The zero-order valence-corrected chi connectivity index (χ0v) is 25.0. The molecule has 4 heterocycles. The average molecular weight is 564 g/mol. The number of ether oxygens (including phenoxy) is 1. The van der Waals surface area contributed by atoms with Crippen molar-refractivity contribution in [2.75, 3.05) is 24.6 Å². The SMILES string of the molecule is CCCC(C)N1CC=C[C@]23O[C@@]4(CC)C=CCN(c5ccccc5)C(=O)[C@H]4[C@H]2C(=O)N([C@@H](CO)[C@@H](C)CC)C3C1=O. The van der Waals surface area contributed by atoms with Crippen LogP contribution in [0.3, 0.4) is 0 Å². The number of hydrogen-bond donors (Lipinski definition) is 1. The lowest BCUT2D eigenvalue weighted by Gasteiger charge is -2.43. The summed E-state index contributed by atoms with van der Waals surface area (Å²) in [6.45, 7) is 10.6. The van der Waals surface area contributed by atoms with Gasteiger partial charge in [-0.05, 0) is 37.8 Å². The second kappa shape index (κ2) is 11.4. The second-order valence-corrected chi connectivity index (χ2v) is 12.2. The van der Waals surface area contributed by atoms with Crippen molar-refractivity contribution in [3.8, 4) is 0 Å². The molecular weight excluding hydrogens is 518 g/mol. The number of benzene rings is 1. The van der Waals surface area contributed by atoms with Crippen LogP contribution in [-0.4, -0.2) is 81.7 Å². The van der Waals surface area contributed by atoms with E-state index in [0.717, 1.165) is 24.9 Å². The molecule has 2 saturated heterocycles. The molecule has 4 aliphatic rings. The number of carbonyl (C=O) groups excluding carboxylic acids is 3. The molecule has 8 heteroatoms. The van der Waals surface area contributed by atoms with Crippen LogP contribution in [0.4, 0.5) is 5.69 Å². The molecule has 1 spiro atoms. The summed E-state index contributed by atoms with van der Waals surface area (Å²) in [5, 5.41) is 10.6. The van der Waals surface area contributed by atoms with Gasteiger partial charge in [-0.15, -0.1) is 0 Å². The smallest absolute Gasteiger partial charge is 0.249 e. The van der Waals surface area contributed by atoms with Crippen LogP contribution in [-0.2, 0) is 19.1 Å². The molecule has 4 aliphatic heterocycles. The topological polar surface area (TPSA) is 90.4 Å². The highest BCUT2D eigenvalue weighted by Crippen LogP contribution is 2.59. The summed E-state index contributed by atoms with van der Waals surface area (Å²) in [7, 11) is 0. The summed E-state index contributed by atoms with van der Waals surface area (Å²) in [6, 6.07) is 7.93. The predicted molar refractivity (Wildman–Crippen MR) is 158 cm³/mol. The van der Waals surface area contributed by atoms with Crippen LogP contribution < -0.4 is 4.90 Å². The fourth-order valence-electron chi connectivity index (χ4n) is 7.70. The molecule has 5 rings (SSSR count). The fraction of sp³-hybridized carbons (Fsp3) is 0.606. The van der Waals surface area contributed by atoms with Gasteiger partial charge in [0.25, 0.3) is 0 Å². The summed E-state index contributed by atoms with van der Waals surface area (Å²) in [5.41, 5.74) is -1.60. The molecule has 8 nitrogen and oxygen atoms in total. The zero-order chi connectivity index (χ0) is 29.5. The van der Waals surface area contributed by atoms with E-state index in [4.69, 9.17) is 4.74 Å². The van der Waals surface area contributed by atoms with Gasteiger partial charge in [-0.1, -0.05) is 83.0 Å². The number of aliphatic hydroxyl groups is 1. The standard InChI is InChI=1S/C33H45N3O5/c1-6-14-23(5)34-19-13-18-33-27(30(39)36(28(33)31(34)40)25(21-37)22(4)7-2)26-29(38)35(24-15-10-9-11-16-24)20-12-17-32(26,8-3)41-33/h9-13,15-18,22-23,25-28,37H,6-8,14,19-21H2,1-5H3/t22-,23?,25-,26+,27-,28?,32-,33-/m0/s1. The van der Waals surface area contributed by atoms with E-state index in [-0.39, 0.29) is 36.3 Å². The monoisotopic (exact) mass is 563 g/mol.